The standard InChI is InChI=1S/C10H21NO3S/c1-7(2)8(3)11-10(14)6-15-5-9(13)4-12/h7-9,12-13H,4-6H2,1-3H3,(H,11,14). The maximum Gasteiger partial charge on any atom is 0.230 e. The summed E-state index contributed by atoms with van der Waals surface area (Å²) in [4.78, 5) is 11.4. The van der Waals surface area contributed by atoms with Gasteiger partial charge in [0, 0.05) is 11.8 Å². The lowest BCUT2D eigenvalue weighted by Gasteiger charge is -2.17. The minimum Gasteiger partial charge on any atom is -0.394 e. The number of thioether (sulfide) groups is 1. The van der Waals surface area contributed by atoms with Gasteiger partial charge in [0.25, 0.3) is 0 Å². The Morgan fingerprint density at radius 2 is 2.00 bits per heavy atom. The molecule has 0 bridgehead atoms. The van der Waals surface area contributed by atoms with Crippen LogP contribution in [0.1, 0.15) is 20.8 Å². The molecule has 0 heterocycles. The van der Waals surface area contributed by atoms with Crippen molar-refractivity contribution < 1.29 is 15.0 Å². The summed E-state index contributed by atoms with van der Waals surface area (Å²) in [6, 6.07) is 0.167. The van der Waals surface area contributed by atoms with E-state index in [1.807, 2.05) is 20.8 Å². The van der Waals surface area contributed by atoms with E-state index in [1.165, 1.54) is 11.8 Å². The Morgan fingerprint density at radius 1 is 1.40 bits per heavy atom. The summed E-state index contributed by atoms with van der Waals surface area (Å²) in [5.41, 5.74) is 0. The van der Waals surface area contributed by atoms with Crippen LogP contribution < -0.4 is 5.32 Å². The molecular weight excluding hydrogens is 214 g/mol. The zero-order valence-electron chi connectivity index (χ0n) is 9.56. The third kappa shape index (κ3) is 7.64. The lowest BCUT2D eigenvalue weighted by molar-refractivity contribution is -0.119. The number of hydrogen-bond donors (Lipinski definition) is 3. The number of carbonyl (C=O) groups is 1. The third-order valence-corrected chi connectivity index (χ3v) is 3.23. The van der Waals surface area contributed by atoms with Crippen molar-refractivity contribution in [2.24, 2.45) is 5.92 Å². The maximum atomic E-state index is 11.4. The SMILES string of the molecule is CC(C)C(C)NC(=O)CSCC(O)CO. The first-order chi connectivity index (χ1) is 6.97. The molecule has 0 aromatic heterocycles. The number of carbonyl (C=O) groups excluding carboxylic acids is 1. The van der Waals surface area contributed by atoms with Gasteiger partial charge >= 0.3 is 0 Å². The summed E-state index contributed by atoms with van der Waals surface area (Å²) < 4.78 is 0. The summed E-state index contributed by atoms with van der Waals surface area (Å²) in [5, 5.41) is 20.5. The molecule has 0 spiro atoms. The van der Waals surface area contributed by atoms with Crippen LogP contribution in [0.25, 0.3) is 0 Å². The Bertz CT molecular complexity index is 188. The number of nitrogens with one attached hydrogen (secondary N) is 1. The molecule has 1 amide bonds. The smallest absolute Gasteiger partial charge is 0.230 e. The average Bonchev–Trinajstić information content (AvgIpc) is 2.17. The topological polar surface area (TPSA) is 69.6 Å². The van der Waals surface area contributed by atoms with Gasteiger partial charge in [0.1, 0.15) is 0 Å². The zero-order valence-corrected chi connectivity index (χ0v) is 10.4. The number of amides is 1. The molecule has 0 aromatic rings. The fourth-order valence-electron chi connectivity index (χ4n) is 0.803. The highest BCUT2D eigenvalue weighted by atomic mass is 32.2. The predicted octanol–water partition coefficient (Wildman–Crippen LogP) is 0.233. The highest BCUT2D eigenvalue weighted by Crippen LogP contribution is 2.04. The van der Waals surface area contributed by atoms with E-state index in [1.54, 1.807) is 0 Å². The van der Waals surface area contributed by atoms with E-state index in [9.17, 15) is 4.79 Å². The molecule has 0 saturated heterocycles. The lowest BCUT2D eigenvalue weighted by Crippen LogP contribution is -2.37. The van der Waals surface area contributed by atoms with Crippen LogP contribution in [0.4, 0.5) is 0 Å². The molecule has 3 N–H and O–H groups in total. The molecular formula is C10H21NO3S. The Hall–Kier alpha value is -0.260. The monoisotopic (exact) mass is 235 g/mol. The average molecular weight is 235 g/mol. The van der Waals surface area contributed by atoms with Crippen LogP contribution in [0.2, 0.25) is 0 Å². The van der Waals surface area contributed by atoms with E-state index < -0.39 is 6.10 Å². The molecule has 15 heavy (non-hydrogen) atoms. The van der Waals surface area contributed by atoms with Gasteiger partial charge in [-0.05, 0) is 12.8 Å². The van der Waals surface area contributed by atoms with Crippen molar-refractivity contribution in [1.82, 2.24) is 5.32 Å². The molecule has 0 aromatic carbocycles. The van der Waals surface area contributed by atoms with Crippen LogP contribution in [0.5, 0.6) is 0 Å². The van der Waals surface area contributed by atoms with E-state index in [0.29, 0.717) is 17.4 Å². The molecule has 5 heteroatoms. The lowest BCUT2D eigenvalue weighted by atomic mass is 10.1. The first-order valence-corrected chi connectivity index (χ1v) is 6.28. The van der Waals surface area contributed by atoms with Gasteiger partial charge in [0.2, 0.25) is 5.91 Å². The fraction of sp³-hybridized carbons (Fsp3) is 0.900. The molecule has 90 valence electrons. The quantitative estimate of drug-likeness (QED) is 0.591. The molecule has 0 aliphatic heterocycles. The van der Waals surface area contributed by atoms with E-state index in [0.717, 1.165) is 0 Å². The van der Waals surface area contributed by atoms with Gasteiger partial charge in [-0.3, -0.25) is 4.79 Å². The fourth-order valence-corrected chi connectivity index (χ4v) is 1.57. The van der Waals surface area contributed by atoms with E-state index in [4.69, 9.17) is 10.2 Å². The first kappa shape index (κ1) is 14.7. The van der Waals surface area contributed by atoms with E-state index in [2.05, 4.69) is 5.32 Å². The van der Waals surface area contributed by atoms with Crippen LogP contribution in [0.3, 0.4) is 0 Å². The van der Waals surface area contributed by atoms with Crippen molar-refractivity contribution in [3.8, 4) is 0 Å². The third-order valence-electron chi connectivity index (χ3n) is 2.14. The van der Waals surface area contributed by atoms with Crippen molar-refractivity contribution in [1.29, 1.82) is 0 Å². The molecule has 4 nitrogen and oxygen atoms in total. The van der Waals surface area contributed by atoms with E-state index >= 15 is 0 Å². The first-order valence-electron chi connectivity index (χ1n) is 5.13. The van der Waals surface area contributed by atoms with Crippen LogP contribution in [0, 0.1) is 5.92 Å². The van der Waals surface area contributed by atoms with Gasteiger partial charge in [-0.15, -0.1) is 11.8 Å². The highest BCUT2D eigenvalue weighted by Gasteiger charge is 2.11. The molecule has 0 aliphatic carbocycles. The van der Waals surface area contributed by atoms with Gasteiger partial charge in [0.15, 0.2) is 0 Å². The predicted molar refractivity (Wildman–Crippen MR) is 62.9 cm³/mol. The normalized spacial score (nSPS) is 15.1. The number of hydrogen-bond acceptors (Lipinski definition) is 4. The Balaban J connectivity index is 3.58. The second kappa shape index (κ2) is 7.96. The number of aliphatic hydroxyl groups is 2. The molecule has 0 rings (SSSR count). The molecule has 0 radical (unpaired) electrons. The van der Waals surface area contributed by atoms with Crippen LogP contribution >= 0.6 is 11.8 Å². The van der Waals surface area contributed by atoms with Gasteiger partial charge in [-0.25, -0.2) is 0 Å². The Morgan fingerprint density at radius 3 is 2.47 bits per heavy atom. The second-order valence-corrected chi connectivity index (χ2v) is 4.98. The number of aliphatic hydroxyl groups excluding tert-OH is 2. The molecule has 2 atom stereocenters. The van der Waals surface area contributed by atoms with Crippen LogP contribution in [-0.2, 0) is 4.79 Å². The zero-order chi connectivity index (χ0) is 11.8. The maximum absolute atomic E-state index is 11.4. The van der Waals surface area contributed by atoms with Crippen LogP contribution in [-0.4, -0.2) is 46.4 Å². The molecule has 0 saturated carbocycles. The summed E-state index contributed by atoms with van der Waals surface area (Å²) in [6.45, 7) is 5.81. The molecule has 0 aliphatic rings. The van der Waals surface area contributed by atoms with Gasteiger partial charge < -0.3 is 15.5 Å². The van der Waals surface area contributed by atoms with Crippen molar-refractivity contribution in [3.05, 3.63) is 0 Å². The Labute approximate surface area is 95.4 Å². The second-order valence-electron chi connectivity index (χ2n) is 3.95. The number of rotatable bonds is 7. The van der Waals surface area contributed by atoms with Gasteiger partial charge in [-0.2, -0.15) is 0 Å². The van der Waals surface area contributed by atoms with Gasteiger partial charge in [0.05, 0.1) is 18.5 Å². The van der Waals surface area contributed by atoms with E-state index in [-0.39, 0.29) is 18.6 Å². The Kier molecular flexibility index (Phi) is 7.82. The summed E-state index contributed by atoms with van der Waals surface area (Å²) in [6.07, 6.45) is -0.731. The van der Waals surface area contributed by atoms with Crippen LogP contribution in [0.15, 0.2) is 0 Å². The molecule has 2 unspecified atom stereocenters. The summed E-state index contributed by atoms with van der Waals surface area (Å²) in [7, 11) is 0. The summed E-state index contributed by atoms with van der Waals surface area (Å²) in [5.74, 6) is 1.11. The van der Waals surface area contributed by atoms with Crippen molar-refractivity contribution in [2.45, 2.75) is 32.9 Å². The van der Waals surface area contributed by atoms with Gasteiger partial charge in [-0.1, -0.05) is 13.8 Å². The molecule has 0 fully saturated rings. The summed E-state index contributed by atoms with van der Waals surface area (Å²) >= 11 is 1.33. The van der Waals surface area contributed by atoms with Crippen molar-refractivity contribution in [2.75, 3.05) is 18.1 Å². The van der Waals surface area contributed by atoms with Crippen molar-refractivity contribution >= 4 is 17.7 Å². The minimum atomic E-state index is -0.731. The minimum absolute atomic E-state index is 0.0219. The highest BCUT2D eigenvalue weighted by molar-refractivity contribution is 7.99. The van der Waals surface area contributed by atoms with Crippen molar-refractivity contribution in [3.63, 3.8) is 0 Å². The largest absolute Gasteiger partial charge is 0.394 e.